The van der Waals surface area contributed by atoms with Crippen LogP contribution in [0.25, 0.3) is 22.3 Å². The molecule has 1 atom stereocenters. The van der Waals surface area contributed by atoms with Crippen LogP contribution in [0, 0.1) is 12.7 Å². The summed E-state index contributed by atoms with van der Waals surface area (Å²) in [6.45, 7) is 2.07. The van der Waals surface area contributed by atoms with Crippen LogP contribution in [-0.4, -0.2) is 66.4 Å². The van der Waals surface area contributed by atoms with E-state index in [-0.39, 0.29) is 45.7 Å². The summed E-state index contributed by atoms with van der Waals surface area (Å²) in [7, 11) is -3.30. The van der Waals surface area contributed by atoms with Crippen molar-refractivity contribution in [1.29, 1.82) is 0 Å². The number of pyridine rings is 2. The average Bonchev–Trinajstić information content (AvgIpc) is 2.95. The number of hydrogen-bond donors (Lipinski definition) is 2. The van der Waals surface area contributed by atoms with Crippen LogP contribution in [0.2, 0.25) is 0 Å². The lowest BCUT2D eigenvalue weighted by molar-refractivity contribution is 0.149. The van der Waals surface area contributed by atoms with Gasteiger partial charge in [-0.1, -0.05) is 6.07 Å². The molecule has 1 aliphatic rings. The number of anilines is 1. The molecule has 1 unspecified atom stereocenters. The molecule has 3 aromatic heterocycles. The molecule has 0 aliphatic carbocycles. The smallest absolute Gasteiger partial charge is 0.269 e. The SMILES string of the molecule is Cc1nc(-c2cc(S(=O)O)ccc2F)ccc1Cn1c(=O)c(C(F)F)cc2cnc(NC3CCN(S(C)(=O)=O)CC3)nc21. The van der Waals surface area contributed by atoms with Gasteiger partial charge in [0, 0.05) is 42.0 Å². The van der Waals surface area contributed by atoms with E-state index in [1.54, 1.807) is 13.0 Å². The molecule has 4 aromatic rings. The summed E-state index contributed by atoms with van der Waals surface area (Å²) >= 11 is -2.33. The van der Waals surface area contributed by atoms with E-state index in [0.29, 0.717) is 37.2 Å². The number of hydrogen-bond acceptors (Lipinski definition) is 8. The van der Waals surface area contributed by atoms with Gasteiger partial charge in [-0.2, -0.15) is 4.98 Å². The number of alkyl halides is 2. The summed E-state index contributed by atoms with van der Waals surface area (Å²) in [6.07, 6.45) is 0.449. The highest BCUT2D eigenvalue weighted by atomic mass is 32.2. The van der Waals surface area contributed by atoms with Gasteiger partial charge in [0.05, 0.1) is 29.0 Å². The molecule has 11 nitrogen and oxygen atoms in total. The van der Waals surface area contributed by atoms with Gasteiger partial charge in [0.15, 0.2) is 11.1 Å². The number of piperidine rings is 1. The first kappa shape index (κ1) is 30.7. The summed E-state index contributed by atoms with van der Waals surface area (Å²) in [4.78, 5) is 26.3. The standard InChI is InChI=1S/C27H27F3N6O5S2/c1-15-16(3-6-23(32-15)20-12-19(42(38)39)4-5-22(20)28)14-36-25-17(11-21(24(29)30)26(36)37)13-31-27(34-25)33-18-7-9-35(10-8-18)43(2,40)41/h3-6,11-13,18,24H,7-10,14H2,1-2H3,(H,38,39)(H,31,33,34). The first-order valence-electron chi connectivity index (χ1n) is 13.1. The first-order valence-corrected chi connectivity index (χ1v) is 16.0. The molecule has 1 saturated heterocycles. The highest BCUT2D eigenvalue weighted by Gasteiger charge is 2.26. The number of rotatable bonds is 8. The summed E-state index contributed by atoms with van der Waals surface area (Å²) in [5.74, 6) is -0.496. The maximum Gasteiger partial charge on any atom is 0.269 e. The second-order valence-corrected chi connectivity index (χ2v) is 13.1. The van der Waals surface area contributed by atoms with Gasteiger partial charge < -0.3 is 9.87 Å². The number of halogens is 3. The van der Waals surface area contributed by atoms with Gasteiger partial charge in [0.25, 0.3) is 12.0 Å². The normalized spacial score (nSPS) is 15.7. The van der Waals surface area contributed by atoms with Crippen LogP contribution in [0.3, 0.4) is 0 Å². The molecule has 0 amide bonds. The van der Waals surface area contributed by atoms with Gasteiger partial charge in [0.1, 0.15) is 11.5 Å². The molecule has 43 heavy (non-hydrogen) atoms. The largest absolute Gasteiger partial charge is 0.351 e. The predicted octanol–water partition coefficient (Wildman–Crippen LogP) is 3.70. The lowest BCUT2D eigenvalue weighted by Gasteiger charge is -2.30. The van der Waals surface area contributed by atoms with Crippen molar-refractivity contribution >= 4 is 38.1 Å². The number of fused-ring (bicyclic) bond motifs is 1. The zero-order valence-corrected chi connectivity index (χ0v) is 24.6. The molecule has 1 fully saturated rings. The van der Waals surface area contributed by atoms with Crippen LogP contribution in [-0.2, 0) is 27.6 Å². The minimum absolute atomic E-state index is 0.00249. The Labute approximate surface area is 247 Å². The second-order valence-electron chi connectivity index (χ2n) is 10.2. The Hall–Kier alpha value is -3.73. The number of benzene rings is 1. The Balaban J connectivity index is 1.49. The molecule has 1 aromatic carbocycles. The molecular formula is C27H27F3N6O5S2. The first-order chi connectivity index (χ1) is 20.3. The van der Waals surface area contributed by atoms with Crippen LogP contribution in [0.1, 0.15) is 36.1 Å². The van der Waals surface area contributed by atoms with Crippen molar-refractivity contribution in [2.24, 2.45) is 0 Å². The lowest BCUT2D eigenvalue weighted by atomic mass is 10.1. The third kappa shape index (κ3) is 6.61. The van der Waals surface area contributed by atoms with E-state index < -0.39 is 44.5 Å². The Bertz CT molecular complexity index is 1900. The van der Waals surface area contributed by atoms with E-state index in [4.69, 9.17) is 0 Å². The molecule has 5 rings (SSSR count). The van der Waals surface area contributed by atoms with Crippen LogP contribution in [0.5, 0.6) is 0 Å². The van der Waals surface area contributed by atoms with Crippen LogP contribution >= 0.6 is 0 Å². The van der Waals surface area contributed by atoms with Gasteiger partial charge in [-0.15, -0.1) is 0 Å². The van der Waals surface area contributed by atoms with E-state index in [2.05, 4.69) is 20.3 Å². The Morgan fingerprint density at radius 2 is 1.86 bits per heavy atom. The van der Waals surface area contributed by atoms with Crippen molar-refractivity contribution in [3.63, 3.8) is 0 Å². The fourth-order valence-electron chi connectivity index (χ4n) is 4.96. The average molecular weight is 637 g/mol. The third-order valence-corrected chi connectivity index (χ3v) is 9.25. The van der Waals surface area contributed by atoms with Crippen molar-refractivity contribution in [2.75, 3.05) is 24.7 Å². The van der Waals surface area contributed by atoms with Gasteiger partial charge in [-0.05, 0) is 55.7 Å². The summed E-state index contributed by atoms with van der Waals surface area (Å²) in [5, 5.41) is 3.37. The number of nitrogens with one attached hydrogen (secondary N) is 1. The monoisotopic (exact) mass is 636 g/mol. The highest BCUT2D eigenvalue weighted by Crippen LogP contribution is 2.26. The van der Waals surface area contributed by atoms with Crippen molar-refractivity contribution < 1.29 is 30.4 Å². The second kappa shape index (κ2) is 12.1. The maximum atomic E-state index is 14.5. The lowest BCUT2D eigenvalue weighted by Crippen LogP contribution is -2.42. The zero-order valence-electron chi connectivity index (χ0n) is 23.0. The zero-order chi connectivity index (χ0) is 31.1. The molecule has 4 heterocycles. The minimum atomic E-state index is -3.30. The number of aromatic nitrogens is 4. The molecule has 0 bridgehead atoms. The Morgan fingerprint density at radius 1 is 1.14 bits per heavy atom. The predicted molar refractivity (Wildman–Crippen MR) is 154 cm³/mol. The van der Waals surface area contributed by atoms with Crippen molar-refractivity contribution in [3.05, 3.63) is 75.6 Å². The molecular weight excluding hydrogens is 609 g/mol. The highest BCUT2D eigenvalue weighted by molar-refractivity contribution is 7.88. The van der Waals surface area contributed by atoms with E-state index >= 15 is 0 Å². The summed E-state index contributed by atoms with van der Waals surface area (Å²) in [6, 6.07) is 7.43. The van der Waals surface area contributed by atoms with E-state index in [9.17, 15) is 35.1 Å². The van der Waals surface area contributed by atoms with Crippen LogP contribution in [0.15, 0.2) is 52.3 Å². The Kier molecular flexibility index (Phi) is 8.65. The minimum Gasteiger partial charge on any atom is -0.351 e. The van der Waals surface area contributed by atoms with Gasteiger partial charge in [-0.3, -0.25) is 14.3 Å². The number of aryl methyl sites for hydroxylation is 1. The molecule has 0 radical (unpaired) electrons. The quantitative estimate of drug-likeness (QED) is 0.276. The van der Waals surface area contributed by atoms with Gasteiger partial charge in [0.2, 0.25) is 16.0 Å². The van der Waals surface area contributed by atoms with E-state index in [1.807, 2.05) is 0 Å². The number of sulfonamides is 1. The molecule has 228 valence electrons. The van der Waals surface area contributed by atoms with E-state index in [0.717, 1.165) is 23.0 Å². The van der Waals surface area contributed by atoms with Crippen molar-refractivity contribution in [1.82, 2.24) is 23.8 Å². The van der Waals surface area contributed by atoms with Crippen LogP contribution in [0.4, 0.5) is 19.1 Å². The van der Waals surface area contributed by atoms with Gasteiger partial charge in [-0.25, -0.2) is 35.1 Å². The fourth-order valence-corrected chi connectivity index (χ4v) is 6.23. The fraction of sp³-hybridized carbons (Fsp3) is 0.333. The third-order valence-electron chi connectivity index (χ3n) is 7.29. The topological polar surface area (TPSA) is 147 Å². The Morgan fingerprint density at radius 3 is 2.49 bits per heavy atom. The van der Waals surface area contributed by atoms with Crippen LogP contribution < -0.4 is 10.9 Å². The van der Waals surface area contributed by atoms with Gasteiger partial charge >= 0.3 is 0 Å². The summed E-state index contributed by atoms with van der Waals surface area (Å²) in [5.41, 5.74) is -0.525. The molecule has 0 saturated carbocycles. The molecule has 2 N–H and O–H groups in total. The molecule has 16 heteroatoms. The molecule has 0 spiro atoms. The number of nitrogens with zero attached hydrogens (tertiary/aromatic N) is 5. The van der Waals surface area contributed by atoms with Crippen molar-refractivity contribution in [3.8, 4) is 11.3 Å². The molecule has 1 aliphatic heterocycles. The summed E-state index contributed by atoms with van der Waals surface area (Å²) < 4.78 is 89.1. The van der Waals surface area contributed by atoms with E-state index in [1.165, 1.54) is 28.7 Å². The maximum absolute atomic E-state index is 14.5. The van der Waals surface area contributed by atoms with Crippen molar-refractivity contribution in [2.45, 2.75) is 43.7 Å².